The number of rotatable bonds is 2. The summed E-state index contributed by atoms with van der Waals surface area (Å²) in [5.74, 6) is -0.443. The van der Waals surface area contributed by atoms with Crippen molar-refractivity contribution in [2.24, 2.45) is 0 Å². The Labute approximate surface area is 96.7 Å². The fraction of sp³-hybridized carbons (Fsp3) is 0.182. The van der Waals surface area contributed by atoms with Crippen LogP contribution in [0, 0.1) is 19.7 Å². The summed E-state index contributed by atoms with van der Waals surface area (Å²) in [7, 11) is 0. The van der Waals surface area contributed by atoms with E-state index in [1.54, 1.807) is 6.07 Å². The number of hydrogen-bond donors (Lipinski definition) is 1. The number of nitrogens with two attached hydrogens (primary N) is 1. The molecule has 2 aromatic rings. The predicted octanol–water partition coefficient (Wildman–Crippen LogP) is 3.27. The minimum absolute atomic E-state index is 0.0382. The third-order valence-corrected chi connectivity index (χ3v) is 3.15. The fourth-order valence-electron chi connectivity index (χ4n) is 1.21. The van der Waals surface area contributed by atoms with Crippen LogP contribution >= 0.6 is 11.3 Å². The number of hydrogen-bond acceptors (Lipinski definition) is 4. The monoisotopic (exact) mass is 238 g/mol. The quantitative estimate of drug-likeness (QED) is 0.817. The van der Waals surface area contributed by atoms with E-state index in [2.05, 4.69) is 4.98 Å². The van der Waals surface area contributed by atoms with Crippen LogP contribution in [0.3, 0.4) is 0 Å². The number of benzene rings is 1. The molecule has 0 fully saturated rings. The van der Waals surface area contributed by atoms with Crippen LogP contribution < -0.4 is 10.5 Å². The molecule has 2 rings (SSSR count). The summed E-state index contributed by atoms with van der Waals surface area (Å²) in [6, 6.07) is 4.43. The molecule has 0 unspecified atom stereocenters. The molecule has 84 valence electrons. The minimum atomic E-state index is -0.481. The summed E-state index contributed by atoms with van der Waals surface area (Å²) >= 11 is 1.37. The second kappa shape index (κ2) is 4.09. The van der Waals surface area contributed by atoms with Gasteiger partial charge in [0.25, 0.3) is 5.19 Å². The van der Waals surface area contributed by atoms with Crippen molar-refractivity contribution in [2.45, 2.75) is 13.8 Å². The molecule has 2 N–H and O–H groups in total. The summed E-state index contributed by atoms with van der Waals surface area (Å²) in [5.41, 5.74) is 6.78. The number of nitrogens with zero attached hydrogens (tertiary/aromatic N) is 1. The van der Waals surface area contributed by atoms with Crippen LogP contribution in [-0.2, 0) is 0 Å². The first-order valence-electron chi connectivity index (χ1n) is 4.74. The molecule has 1 heterocycles. The largest absolute Gasteiger partial charge is 0.426 e. The van der Waals surface area contributed by atoms with Crippen LogP contribution in [0.4, 0.5) is 10.1 Å². The zero-order valence-electron chi connectivity index (χ0n) is 8.95. The summed E-state index contributed by atoms with van der Waals surface area (Å²) in [4.78, 5) is 5.21. The lowest BCUT2D eigenvalue weighted by Crippen LogP contribution is -1.94. The van der Waals surface area contributed by atoms with Gasteiger partial charge in [-0.3, -0.25) is 0 Å². The Kier molecular flexibility index (Phi) is 2.78. The van der Waals surface area contributed by atoms with E-state index < -0.39 is 5.82 Å². The molecule has 0 aliphatic heterocycles. The van der Waals surface area contributed by atoms with E-state index in [1.807, 2.05) is 13.8 Å². The van der Waals surface area contributed by atoms with Crippen LogP contribution in [0.15, 0.2) is 18.2 Å². The highest BCUT2D eigenvalue weighted by Crippen LogP contribution is 2.33. The van der Waals surface area contributed by atoms with Crippen molar-refractivity contribution in [3.63, 3.8) is 0 Å². The lowest BCUT2D eigenvalue weighted by molar-refractivity contribution is 0.441. The predicted molar refractivity (Wildman–Crippen MR) is 62.5 cm³/mol. The molecule has 0 amide bonds. The molecule has 0 aliphatic carbocycles. The van der Waals surface area contributed by atoms with Crippen LogP contribution in [0.2, 0.25) is 0 Å². The van der Waals surface area contributed by atoms with Crippen LogP contribution in [-0.4, -0.2) is 4.98 Å². The van der Waals surface area contributed by atoms with Gasteiger partial charge in [0.2, 0.25) is 0 Å². The molecule has 0 saturated carbocycles. The number of para-hydroxylation sites is 1. The van der Waals surface area contributed by atoms with E-state index in [-0.39, 0.29) is 11.4 Å². The topological polar surface area (TPSA) is 48.1 Å². The van der Waals surface area contributed by atoms with E-state index >= 15 is 0 Å². The zero-order chi connectivity index (χ0) is 11.7. The zero-order valence-corrected chi connectivity index (χ0v) is 9.77. The van der Waals surface area contributed by atoms with Gasteiger partial charge in [-0.2, -0.15) is 0 Å². The SMILES string of the molecule is Cc1nc(Oc2c(N)cccc2F)sc1C. The van der Waals surface area contributed by atoms with Crippen molar-refractivity contribution < 1.29 is 9.13 Å². The van der Waals surface area contributed by atoms with Crippen LogP contribution in [0.1, 0.15) is 10.6 Å². The average Bonchev–Trinajstić information content (AvgIpc) is 2.53. The summed E-state index contributed by atoms with van der Waals surface area (Å²) in [6.45, 7) is 3.81. The first-order valence-corrected chi connectivity index (χ1v) is 5.55. The van der Waals surface area contributed by atoms with Crippen molar-refractivity contribution in [3.05, 3.63) is 34.6 Å². The first kappa shape index (κ1) is 10.9. The molecule has 0 radical (unpaired) electrons. The number of anilines is 1. The molecule has 0 atom stereocenters. The smallest absolute Gasteiger partial charge is 0.279 e. The molecule has 0 bridgehead atoms. The van der Waals surface area contributed by atoms with Crippen molar-refractivity contribution in [1.82, 2.24) is 4.98 Å². The highest BCUT2D eigenvalue weighted by Gasteiger charge is 2.11. The summed E-state index contributed by atoms with van der Waals surface area (Å²) in [5, 5.41) is 0.409. The number of aromatic nitrogens is 1. The second-order valence-electron chi connectivity index (χ2n) is 3.38. The molecule has 0 aliphatic rings. The number of aryl methyl sites for hydroxylation is 2. The van der Waals surface area contributed by atoms with E-state index in [1.165, 1.54) is 23.5 Å². The second-order valence-corrected chi connectivity index (χ2v) is 4.55. The van der Waals surface area contributed by atoms with Gasteiger partial charge < -0.3 is 10.5 Å². The molecular formula is C11H11FN2OS. The molecule has 1 aromatic heterocycles. The van der Waals surface area contributed by atoms with Gasteiger partial charge in [0.1, 0.15) is 0 Å². The van der Waals surface area contributed by atoms with Gasteiger partial charge in [-0.25, -0.2) is 9.37 Å². The van der Waals surface area contributed by atoms with Crippen molar-refractivity contribution in [2.75, 3.05) is 5.73 Å². The Bertz CT molecular complexity index is 485. The summed E-state index contributed by atoms with van der Waals surface area (Å²) in [6.07, 6.45) is 0. The molecular weight excluding hydrogens is 227 g/mol. The third kappa shape index (κ3) is 1.99. The van der Waals surface area contributed by atoms with E-state index in [4.69, 9.17) is 10.5 Å². The molecule has 1 aromatic carbocycles. The maximum Gasteiger partial charge on any atom is 0.279 e. The number of nitrogen functional groups attached to an aromatic ring is 1. The van der Waals surface area contributed by atoms with E-state index in [0.29, 0.717) is 5.19 Å². The molecule has 5 heteroatoms. The van der Waals surface area contributed by atoms with Crippen molar-refractivity contribution >= 4 is 17.0 Å². The van der Waals surface area contributed by atoms with E-state index in [0.717, 1.165) is 10.6 Å². The number of ether oxygens (including phenoxy) is 1. The van der Waals surface area contributed by atoms with Crippen LogP contribution in [0.5, 0.6) is 10.9 Å². The number of thiazole rings is 1. The minimum Gasteiger partial charge on any atom is -0.426 e. The molecule has 3 nitrogen and oxygen atoms in total. The van der Waals surface area contributed by atoms with Gasteiger partial charge in [-0.15, -0.1) is 0 Å². The Morgan fingerprint density at radius 2 is 2.12 bits per heavy atom. The van der Waals surface area contributed by atoms with Gasteiger partial charge in [-0.1, -0.05) is 17.4 Å². The third-order valence-electron chi connectivity index (χ3n) is 2.20. The first-order chi connectivity index (χ1) is 7.58. The molecule has 0 saturated heterocycles. The Morgan fingerprint density at radius 1 is 1.38 bits per heavy atom. The van der Waals surface area contributed by atoms with Crippen LogP contribution in [0.25, 0.3) is 0 Å². The lowest BCUT2D eigenvalue weighted by atomic mass is 10.3. The van der Waals surface area contributed by atoms with Crippen molar-refractivity contribution in [1.29, 1.82) is 0 Å². The average molecular weight is 238 g/mol. The van der Waals surface area contributed by atoms with Gasteiger partial charge in [0.05, 0.1) is 11.4 Å². The van der Waals surface area contributed by atoms with E-state index in [9.17, 15) is 4.39 Å². The Morgan fingerprint density at radius 3 is 2.69 bits per heavy atom. The highest BCUT2D eigenvalue weighted by atomic mass is 32.1. The number of halogens is 1. The fourth-order valence-corrected chi connectivity index (χ4v) is 1.97. The maximum atomic E-state index is 13.4. The Balaban J connectivity index is 2.33. The van der Waals surface area contributed by atoms with Gasteiger partial charge in [0.15, 0.2) is 11.6 Å². The normalized spacial score (nSPS) is 10.4. The van der Waals surface area contributed by atoms with Crippen molar-refractivity contribution in [3.8, 4) is 10.9 Å². The molecule has 0 spiro atoms. The lowest BCUT2D eigenvalue weighted by Gasteiger charge is -2.05. The van der Waals surface area contributed by atoms with Gasteiger partial charge in [-0.05, 0) is 26.0 Å². The van der Waals surface area contributed by atoms with Gasteiger partial charge >= 0.3 is 0 Å². The Hall–Kier alpha value is -1.62. The van der Waals surface area contributed by atoms with Gasteiger partial charge in [0, 0.05) is 4.88 Å². The maximum absolute atomic E-state index is 13.4. The molecule has 16 heavy (non-hydrogen) atoms. The highest BCUT2D eigenvalue weighted by molar-refractivity contribution is 7.13. The summed E-state index contributed by atoms with van der Waals surface area (Å²) < 4.78 is 18.8. The standard InChI is InChI=1S/C11H11FN2OS/c1-6-7(2)16-11(14-6)15-10-8(12)4-3-5-9(10)13/h3-5H,13H2,1-2H3.